The predicted molar refractivity (Wildman–Crippen MR) is 67.5 cm³/mol. The fourth-order valence-electron chi connectivity index (χ4n) is 1.64. The second-order valence-corrected chi connectivity index (χ2v) is 3.91. The molecule has 8 heteroatoms. The maximum absolute atomic E-state index is 10.8. The monoisotopic (exact) mass is 261 g/mol. The van der Waals surface area contributed by atoms with Gasteiger partial charge in [-0.1, -0.05) is 5.16 Å². The van der Waals surface area contributed by atoms with E-state index in [1.165, 1.54) is 22.9 Å². The van der Waals surface area contributed by atoms with E-state index < -0.39 is 4.92 Å². The van der Waals surface area contributed by atoms with E-state index in [0.29, 0.717) is 5.69 Å². The third-order valence-corrected chi connectivity index (χ3v) is 2.53. The maximum atomic E-state index is 10.8. The van der Waals surface area contributed by atoms with Crippen molar-refractivity contribution in [3.05, 3.63) is 51.8 Å². The van der Waals surface area contributed by atoms with E-state index in [4.69, 9.17) is 10.9 Å². The Morgan fingerprint density at radius 3 is 2.84 bits per heavy atom. The number of aryl methyl sites for hydroxylation is 1. The molecule has 0 bridgehead atoms. The Labute approximate surface area is 107 Å². The van der Waals surface area contributed by atoms with Gasteiger partial charge in [0.2, 0.25) is 0 Å². The zero-order valence-corrected chi connectivity index (χ0v) is 10.0. The number of nitrogens with zero attached hydrogens (tertiary/aromatic N) is 4. The van der Waals surface area contributed by atoms with Crippen molar-refractivity contribution < 1.29 is 10.1 Å². The van der Waals surface area contributed by atoms with Gasteiger partial charge >= 0.3 is 0 Å². The van der Waals surface area contributed by atoms with Crippen LogP contribution in [-0.2, 0) is 0 Å². The Morgan fingerprint density at radius 2 is 2.32 bits per heavy atom. The summed E-state index contributed by atoms with van der Waals surface area (Å²) in [4.78, 5) is 10.2. The van der Waals surface area contributed by atoms with Gasteiger partial charge in [-0.15, -0.1) is 0 Å². The molecule has 1 aromatic carbocycles. The van der Waals surface area contributed by atoms with Crippen LogP contribution in [0, 0.1) is 17.0 Å². The lowest BCUT2D eigenvalue weighted by molar-refractivity contribution is -0.384. The van der Waals surface area contributed by atoms with Gasteiger partial charge in [0.1, 0.15) is 0 Å². The van der Waals surface area contributed by atoms with Gasteiger partial charge in [0.05, 0.1) is 22.4 Å². The molecule has 0 aliphatic carbocycles. The molecule has 0 radical (unpaired) electrons. The van der Waals surface area contributed by atoms with Crippen LogP contribution in [0.2, 0.25) is 0 Å². The minimum Gasteiger partial charge on any atom is -0.409 e. The summed E-state index contributed by atoms with van der Waals surface area (Å²) in [7, 11) is 0. The first-order chi connectivity index (χ1) is 9.02. The third kappa shape index (κ3) is 2.37. The highest BCUT2D eigenvalue weighted by molar-refractivity contribution is 6.00. The Hall–Kier alpha value is -2.90. The van der Waals surface area contributed by atoms with Crippen molar-refractivity contribution >= 4 is 11.5 Å². The Balaban J connectivity index is 2.63. The average molecular weight is 261 g/mol. The number of nitro benzene ring substituents is 1. The highest BCUT2D eigenvalue weighted by atomic mass is 16.6. The van der Waals surface area contributed by atoms with Crippen LogP contribution in [0.25, 0.3) is 5.69 Å². The molecule has 0 saturated heterocycles. The van der Waals surface area contributed by atoms with Gasteiger partial charge in [-0.25, -0.2) is 4.68 Å². The second-order valence-electron chi connectivity index (χ2n) is 3.91. The van der Waals surface area contributed by atoms with Gasteiger partial charge in [-0.05, 0) is 18.6 Å². The summed E-state index contributed by atoms with van der Waals surface area (Å²) < 4.78 is 1.51. The molecule has 3 N–H and O–H groups in total. The Bertz CT molecular complexity index is 662. The van der Waals surface area contributed by atoms with Crippen molar-refractivity contribution in [1.82, 2.24) is 9.78 Å². The summed E-state index contributed by atoms with van der Waals surface area (Å²) in [6.07, 6.45) is 3.37. The number of nitro groups is 1. The molecule has 0 amide bonds. The average Bonchev–Trinajstić information content (AvgIpc) is 2.83. The van der Waals surface area contributed by atoms with Gasteiger partial charge in [-0.3, -0.25) is 10.1 Å². The molecular weight excluding hydrogens is 250 g/mol. The minimum absolute atomic E-state index is 0.144. The molecule has 0 unspecified atom stereocenters. The normalized spacial score (nSPS) is 11.5. The van der Waals surface area contributed by atoms with E-state index in [1.807, 2.05) is 6.92 Å². The lowest BCUT2D eigenvalue weighted by Crippen LogP contribution is -2.17. The first-order valence-corrected chi connectivity index (χ1v) is 5.31. The van der Waals surface area contributed by atoms with Gasteiger partial charge in [0.15, 0.2) is 5.84 Å². The first-order valence-electron chi connectivity index (χ1n) is 5.31. The molecule has 0 saturated carbocycles. The summed E-state index contributed by atoms with van der Waals surface area (Å²) in [5.74, 6) is -0.216. The Kier molecular flexibility index (Phi) is 3.15. The van der Waals surface area contributed by atoms with Crippen LogP contribution in [0.5, 0.6) is 0 Å². The van der Waals surface area contributed by atoms with E-state index in [1.54, 1.807) is 12.4 Å². The zero-order chi connectivity index (χ0) is 14.0. The number of hydrogen-bond acceptors (Lipinski definition) is 5. The number of rotatable bonds is 3. The number of benzene rings is 1. The zero-order valence-electron chi connectivity index (χ0n) is 10.0. The number of non-ortho nitro benzene ring substituents is 1. The molecule has 0 spiro atoms. The molecule has 0 atom stereocenters. The van der Waals surface area contributed by atoms with Crippen LogP contribution in [0.1, 0.15) is 11.1 Å². The van der Waals surface area contributed by atoms with Gasteiger partial charge in [0.25, 0.3) is 5.69 Å². The number of oxime groups is 1. The summed E-state index contributed by atoms with van der Waals surface area (Å²) in [6, 6.07) is 4.07. The molecule has 98 valence electrons. The number of hydrogen-bond donors (Lipinski definition) is 2. The smallest absolute Gasteiger partial charge is 0.270 e. The maximum Gasteiger partial charge on any atom is 0.270 e. The molecule has 2 aromatic rings. The van der Waals surface area contributed by atoms with Crippen molar-refractivity contribution in [1.29, 1.82) is 0 Å². The van der Waals surface area contributed by atoms with Gasteiger partial charge < -0.3 is 10.9 Å². The van der Waals surface area contributed by atoms with Crippen molar-refractivity contribution in [2.75, 3.05) is 0 Å². The Morgan fingerprint density at radius 1 is 1.58 bits per heavy atom. The minimum atomic E-state index is -0.549. The summed E-state index contributed by atoms with van der Waals surface area (Å²) in [5.41, 5.74) is 7.05. The van der Waals surface area contributed by atoms with Crippen LogP contribution in [0.15, 0.2) is 35.7 Å². The molecule has 1 heterocycles. The topological polar surface area (TPSA) is 120 Å². The van der Waals surface area contributed by atoms with E-state index in [9.17, 15) is 10.1 Å². The highest BCUT2D eigenvalue weighted by Gasteiger charge is 2.15. The molecule has 1 aromatic heterocycles. The van der Waals surface area contributed by atoms with Crippen LogP contribution < -0.4 is 5.73 Å². The van der Waals surface area contributed by atoms with Crippen LogP contribution in [0.3, 0.4) is 0 Å². The van der Waals surface area contributed by atoms with E-state index in [2.05, 4.69) is 10.3 Å². The van der Waals surface area contributed by atoms with Crippen LogP contribution in [-0.4, -0.2) is 25.7 Å². The van der Waals surface area contributed by atoms with Crippen molar-refractivity contribution in [2.45, 2.75) is 6.92 Å². The fourth-order valence-corrected chi connectivity index (χ4v) is 1.64. The quantitative estimate of drug-likeness (QED) is 0.282. The largest absolute Gasteiger partial charge is 0.409 e. The lowest BCUT2D eigenvalue weighted by Gasteiger charge is -2.08. The molecule has 0 fully saturated rings. The molecular formula is C11H11N5O3. The van der Waals surface area contributed by atoms with E-state index >= 15 is 0 Å². The summed E-state index contributed by atoms with van der Waals surface area (Å²) in [6.45, 7) is 1.86. The molecule has 0 aliphatic rings. The standard InChI is InChI=1S/C11H11N5O3/c1-7-5-13-15(6-7)10-3-2-8(16(18)19)4-9(10)11(12)14-17/h2-6,17H,1H3,(H2,12,14). The number of amidine groups is 1. The first kappa shape index (κ1) is 12.6. The molecule has 0 aliphatic heterocycles. The molecule has 8 nitrogen and oxygen atoms in total. The predicted octanol–water partition coefficient (Wildman–Crippen LogP) is 1.18. The highest BCUT2D eigenvalue weighted by Crippen LogP contribution is 2.21. The second kappa shape index (κ2) is 4.77. The SMILES string of the molecule is Cc1cnn(-c2ccc([N+](=O)[O-])cc2C(N)=NO)c1. The van der Waals surface area contributed by atoms with E-state index in [-0.39, 0.29) is 17.1 Å². The number of aromatic nitrogens is 2. The summed E-state index contributed by atoms with van der Waals surface area (Å²) >= 11 is 0. The molecule has 19 heavy (non-hydrogen) atoms. The number of nitrogens with two attached hydrogens (primary N) is 1. The van der Waals surface area contributed by atoms with Gasteiger partial charge in [0, 0.05) is 18.3 Å². The third-order valence-electron chi connectivity index (χ3n) is 2.53. The summed E-state index contributed by atoms with van der Waals surface area (Å²) in [5, 5.41) is 26.5. The van der Waals surface area contributed by atoms with Crippen molar-refractivity contribution in [3.63, 3.8) is 0 Å². The van der Waals surface area contributed by atoms with Crippen LogP contribution in [0.4, 0.5) is 5.69 Å². The molecule has 2 rings (SSSR count). The fraction of sp³-hybridized carbons (Fsp3) is 0.0909. The lowest BCUT2D eigenvalue weighted by atomic mass is 10.1. The van der Waals surface area contributed by atoms with Crippen molar-refractivity contribution in [2.24, 2.45) is 10.9 Å². The van der Waals surface area contributed by atoms with Crippen LogP contribution >= 0.6 is 0 Å². The van der Waals surface area contributed by atoms with Gasteiger partial charge in [-0.2, -0.15) is 5.10 Å². The van der Waals surface area contributed by atoms with E-state index in [0.717, 1.165) is 5.56 Å². The van der Waals surface area contributed by atoms with Crippen molar-refractivity contribution in [3.8, 4) is 5.69 Å².